The molecule has 5 rings (SSSR count). The molecule has 3 aromatic rings. The van der Waals surface area contributed by atoms with E-state index in [-0.39, 0.29) is 24.5 Å². The highest BCUT2D eigenvalue weighted by atomic mass is 19.4. The van der Waals surface area contributed by atoms with E-state index < -0.39 is 16.7 Å². The summed E-state index contributed by atoms with van der Waals surface area (Å²) in [7, 11) is 0. The van der Waals surface area contributed by atoms with Crippen molar-refractivity contribution in [1.29, 1.82) is 0 Å². The molecule has 1 atom stereocenters. The Morgan fingerprint density at radius 1 is 1.11 bits per heavy atom. The predicted molar refractivity (Wildman–Crippen MR) is 121 cm³/mol. The average molecular weight is 505 g/mol. The van der Waals surface area contributed by atoms with Gasteiger partial charge in [0.05, 0.1) is 18.7 Å². The fourth-order valence-electron chi connectivity index (χ4n) is 4.10. The molecule has 0 amide bonds. The van der Waals surface area contributed by atoms with Gasteiger partial charge < -0.3 is 29.4 Å². The van der Waals surface area contributed by atoms with Gasteiger partial charge in [0.25, 0.3) is 0 Å². The van der Waals surface area contributed by atoms with Crippen molar-refractivity contribution in [3.63, 3.8) is 0 Å². The largest absolute Gasteiger partial charge is 0.443 e. The number of rotatable bonds is 6. The summed E-state index contributed by atoms with van der Waals surface area (Å²) in [6.07, 6.45) is -0.805. The summed E-state index contributed by atoms with van der Waals surface area (Å²) >= 11 is 0. The van der Waals surface area contributed by atoms with E-state index in [4.69, 9.17) is 9.47 Å². The minimum Gasteiger partial charge on any atom is -0.443 e. The minimum absolute atomic E-state index is 0.207. The van der Waals surface area contributed by atoms with Gasteiger partial charge in [-0.05, 0) is 34.8 Å². The third-order valence-electron chi connectivity index (χ3n) is 6.01. The van der Waals surface area contributed by atoms with E-state index in [0.29, 0.717) is 45.1 Å². The van der Waals surface area contributed by atoms with Crippen LogP contribution in [0.3, 0.4) is 0 Å². The number of ether oxygens (including phenoxy) is 2. The lowest BCUT2D eigenvalue weighted by atomic mass is 10.2. The van der Waals surface area contributed by atoms with E-state index in [1.165, 1.54) is 12.3 Å². The number of nitro groups is 1. The number of hydrogen-bond acceptors (Lipinski definition) is 9. The summed E-state index contributed by atoms with van der Waals surface area (Å²) < 4.78 is 51.3. The highest BCUT2D eigenvalue weighted by molar-refractivity contribution is 5.46. The normalized spacial score (nSPS) is 18.0. The number of hydrogen-bond donors (Lipinski definition) is 0. The van der Waals surface area contributed by atoms with Crippen LogP contribution < -0.4 is 14.5 Å². The van der Waals surface area contributed by atoms with Gasteiger partial charge in [-0.2, -0.15) is 13.2 Å². The van der Waals surface area contributed by atoms with Gasteiger partial charge in [0.15, 0.2) is 0 Å². The van der Waals surface area contributed by atoms with Crippen molar-refractivity contribution in [2.75, 3.05) is 42.6 Å². The molecule has 36 heavy (non-hydrogen) atoms. The van der Waals surface area contributed by atoms with Gasteiger partial charge in [0.2, 0.25) is 0 Å². The van der Waals surface area contributed by atoms with Crippen LogP contribution in [0.2, 0.25) is 0 Å². The minimum atomic E-state index is -4.40. The molecule has 0 saturated carbocycles. The summed E-state index contributed by atoms with van der Waals surface area (Å²) in [6.45, 7) is 3.42. The van der Waals surface area contributed by atoms with Crippen LogP contribution in [0.4, 0.5) is 30.6 Å². The van der Waals surface area contributed by atoms with Crippen LogP contribution in [0.5, 0.6) is 6.01 Å². The Bertz CT molecular complexity index is 1230. The van der Waals surface area contributed by atoms with Crippen molar-refractivity contribution in [2.24, 2.45) is 0 Å². The van der Waals surface area contributed by atoms with Gasteiger partial charge in [-0.25, -0.2) is 9.97 Å². The monoisotopic (exact) mass is 505 g/mol. The van der Waals surface area contributed by atoms with Crippen molar-refractivity contribution in [3.8, 4) is 6.01 Å². The number of imidazole rings is 1. The van der Waals surface area contributed by atoms with Crippen LogP contribution in [0.25, 0.3) is 0 Å². The fraction of sp³-hybridized carbons (Fsp3) is 0.409. The van der Waals surface area contributed by atoms with E-state index in [1.54, 1.807) is 10.8 Å². The molecule has 0 aromatic carbocycles. The van der Waals surface area contributed by atoms with Gasteiger partial charge in [-0.15, -0.1) is 0 Å². The standard InChI is InChI=1S/C22H22F3N7O4/c23-22(24,25)16-1-2-18(27-10-16)29-5-7-30(8-6-29)19-9-15(3-4-26-19)13-35-17-11-31-12-20(32(33)34)28-21(31)36-14-17/h1-4,9-10,12,17H,5-8,11,13-14H2/t17-/m0/s1. The number of piperazine rings is 1. The highest BCUT2D eigenvalue weighted by Crippen LogP contribution is 2.30. The lowest BCUT2D eigenvalue weighted by Gasteiger charge is -2.36. The SMILES string of the molecule is O=[N+]([O-])c1cn2c(n1)OC[C@@H](OCc1ccnc(N3CCN(c4ccc(C(F)(F)F)cn4)CC3)c1)C2. The molecule has 0 unspecified atom stereocenters. The van der Waals surface area contributed by atoms with Crippen LogP contribution in [0, 0.1) is 10.1 Å². The topological polar surface area (TPSA) is 112 Å². The molecule has 14 heteroatoms. The molecule has 0 bridgehead atoms. The van der Waals surface area contributed by atoms with Crippen LogP contribution >= 0.6 is 0 Å². The fourth-order valence-corrected chi connectivity index (χ4v) is 4.10. The zero-order chi connectivity index (χ0) is 25.3. The number of pyridine rings is 2. The quantitative estimate of drug-likeness (QED) is 0.369. The number of alkyl halides is 3. The molecule has 190 valence electrons. The van der Waals surface area contributed by atoms with Crippen molar-refractivity contribution in [2.45, 2.75) is 25.4 Å². The summed E-state index contributed by atoms with van der Waals surface area (Å²) in [5.41, 5.74) is 0.147. The second kappa shape index (κ2) is 9.60. The lowest BCUT2D eigenvalue weighted by molar-refractivity contribution is -0.389. The third kappa shape index (κ3) is 5.17. The second-order valence-electron chi connectivity index (χ2n) is 8.43. The van der Waals surface area contributed by atoms with Crippen molar-refractivity contribution in [3.05, 3.63) is 64.1 Å². The Labute approximate surface area is 203 Å². The highest BCUT2D eigenvalue weighted by Gasteiger charge is 2.31. The molecule has 1 fully saturated rings. The maximum absolute atomic E-state index is 12.8. The Kier molecular flexibility index (Phi) is 6.35. The molecule has 5 heterocycles. The van der Waals surface area contributed by atoms with Crippen LogP contribution in [0.1, 0.15) is 11.1 Å². The van der Waals surface area contributed by atoms with E-state index in [9.17, 15) is 23.3 Å². The molecular formula is C22H22F3N7O4. The van der Waals surface area contributed by atoms with E-state index >= 15 is 0 Å². The Morgan fingerprint density at radius 2 is 1.86 bits per heavy atom. The third-order valence-corrected chi connectivity index (χ3v) is 6.01. The van der Waals surface area contributed by atoms with Crippen molar-refractivity contribution in [1.82, 2.24) is 19.5 Å². The zero-order valence-corrected chi connectivity index (χ0v) is 19.0. The van der Waals surface area contributed by atoms with E-state index in [1.807, 2.05) is 17.0 Å². The summed E-state index contributed by atoms with van der Waals surface area (Å²) in [5, 5.41) is 10.9. The molecular weight excluding hydrogens is 483 g/mol. The first-order chi connectivity index (χ1) is 17.3. The number of nitrogens with zero attached hydrogens (tertiary/aromatic N) is 7. The number of aromatic nitrogens is 4. The number of halogens is 3. The molecule has 11 nitrogen and oxygen atoms in total. The summed E-state index contributed by atoms with van der Waals surface area (Å²) in [6, 6.07) is 6.44. The first-order valence-electron chi connectivity index (χ1n) is 11.2. The Morgan fingerprint density at radius 3 is 2.53 bits per heavy atom. The molecule has 0 aliphatic carbocycles. The maximum atomic E-state index is 12.8. The average Bonchev–Trinajstić information content (AvgIpc) is 3.31. The molecule has 0 radical (unpaired) electrons. The first kappa shape index (κ1) is 23.8. The molecule has 2 aliphatic rings. The number of fused-ring (bicyclic) bond motifs is 1. The van der Waals surface area contributed by atoms with Crippen LogP contribution in [0.15, 0.2) is 42.9 Å². The molecule has 2 aliphatic heterocycles. The Hall–Kier alpha value is -3.94. The van der Waals surface area contributed by atoms with Crippen molar-refractivity contribution >= 4 is 17.5 Å². The van der Waals surface area contributed by atoms with Gasteiger partial charge in [0, 0.05) is 43.6 Å². The van der Waals surface area contributed by atoms with Gasteiger partial charge >= 0.3 is 18.0 Å². The molecule has 1 saturated heterocycles. The lowest BCUT2D eigenvalue weighted by Crippen LogP contribution is -2.47. The maximum Gasteiger partial charge on any atom is 0.417 e. The summed E-state index contributed by atoms with van der Waals surface area (Å²) in [4.78, 5) is 26.6. The molecule has 0 N–H and O–H groups in total. The van der Waals surface area contributed by atoms with E-state index in [0.717, 1.165) is 23.6 Å². The van der Waals surface area contributed by atoms with Gasteiger partial charge in [-0.1, -0.05) is 0 Å². The zero-order valence-electron chi connectivity index (χ0n) is 19.0. The van der Waals surface area contributed by atoms with Gasteiger partial charge in [-0.3, -0.25) is 4.57 Å². The van der Waals surface area contributed by atoms with Gasteiger partial charge in [0.1, 0.15) is 30.5 Å². The first-order valence-corrected chi connectivity index (χ1v) is 11.2. The second-order valence-corrected chi connectivity index (χ2v) is 8.43. The molecule has 0 spiro atoms. The van der Waals surface area contributed by atoms with Crippen LogP contribution in [-0.4, -0.2) is 63.3 Å². The van der Waals surface area contributed by atoms with E-state index in [2.05, 4.69) is 19.9 Å². The smallest absolute Gasteiger partial charge is 0.417 e. The summed E-state index contributed by atoms with van der Waals surface area (Å²) in [5.74, 6) is 1.03. The predicted octanol–water partition coefficient (Wildman–Crippen LogP) is 2.90. The van der Waals surface area contributed by atoms with Crippen LogP contribution in [-0.2, 0) is 24.1 Å². The number of anilines is 2. The van der Waals surface area contributed by atoms with Crippen molar-refractivity contribution < 1.29 is 27.6 Å². The molecule has 3 aromatic heterocycles. The Balaban J connectivity index is 1.14.